The van der Waals surface area contributed by atoms with E-state index in [1.807, 2.05) is 13.8 Å². The van der Waals surface area contributed by atoms with E-state index in [4.69, 9.17) is 16.3 Å². The average Bonchev–Trinajstić information content (AvgIpc) is 2.24. The fraction of sp³-hybridized carbons (Fsp3) is 0.500. The van der Waals surface area contributed by atoms with E-state index in [1.165, 1.54) is 18.3 Å². The molecule has 0 saturated heterocycles. The molecule has 1 heterocycles. The third kappa shape index (κ3) is 4.59. The first-order valence-corrected chi connectivity index (χ1v) is 7.01. The third-order valence-corrected chi connectivity index (χ3v) is 3.77. The molecule has 0 saturated carbocycles. The number of hydrogen-bond acceptors (Lipinski definition) is 4. The number of ether oxygens (including phenoxy) is 1. The average molecular weight is 279 g/mol. The SMILES string of the molecule is CC(C)OCCNS(=O)(=O)c1cccnc1Cl. The Kier molecular flexibility index (Phi) is 5.32. The molecule has 0 fully saturated rings. The van der Waals surface area contributed by atoms with Crippen LogP contribution in [0, 0.1) is 0 Å². The van der Waals surface area contributed by atoms with E-state index in [0.29, 0.717) is 6.61 Å². The summed E-state index contributed by atoms with van der Waals surface area (Å²) in [5.41, 5.74) is 0. The lowest BCUT2D eigenvalue weighted by atomic mass is 10.5. The van der Waals surface area contributed by atoms with Crippen LogP contribution >= 0.6 is 11.6 Å². The fourth-order valence-corrected chi connectivity index (χ4v) is 2.58. The lowest BCUT2D eigenvalue weighted by molar-refractivity contribution is 0.0834. The maximum atomic E-state index is 11.8. The minimum Gasteiger partial charge on any atom is -0.377 e. The number of aromatic nitrogens is 1. The van der Waals surface area contributed by atoms with Gasteiger partial charge in [0, 0.05) is 12.7 Å². The van der Waals surface area contributed by atoms with Gasteiger partial charge in [0.2, 0.25) is 10.0 Å². The van der Waals surface area contributed by atoms with E-state index in [0.717, 1.165) is 0 Å². The van der Waals surface area contributed by atoms with Crippen molar-refractivity contribution in [2.75, 3.05) is 13.2 Å². The molecule has 1 aromatic rings. The summed E-state index contributed by atoms with van der Waals surface area (Å²) in [7, 11) is -3.61. The Hall–Kier alpha value is -0.690. The van der Waals surface area contributed by atoms with Gasteiger partial charge in [-0.3, -0.25) is 0 Å². The van der Waals surface area contributed by atoms with Gasteiger partial charge in [0.05, 0.1) is 12.7 Å². The molecule has 0 aliphatic carbocycles. The quantitative estimate of drug-likeness (QED) is 0.631. The van der Waals surface area contributed by atoms with Crippen LogP contribution < -0.4 is 4.72 Å². The molecule has 0 aliphatic heterocycles. The summed E-state index contributed by atoms with van der Waals surface area (Å²) >= 11 is 5.71. The number of rotatable bonds is 6. The molecule has 0 bridgehead atoms. The van der Waals surface area contributed by atoms with Crippen LogP contribution in [0.25, 0.3) is 0 Å². The molecule has 17 heavy (non-hydrogen) atoms. The number of sulfonamides is 1. The lowest BCUT2D eigenvalue weighted by Gasteiger charge is -2.09. The highest BCUT2D eigenvalue weighted by molar-refractivity contribution is 7.89. The van der Waals surface area contributed by atoms with E-state index in [9.17, 15) is 8.42 Å². The highest BCUT2D eigenvalue weighted by Gasteiger charge is 2.17. The van der Waals surface area contributed by atoms with Crippen molar-refractivity contribution in [3.8, 4) is 0 Å². The van der Waals surface area contributed by atoms with Crippen LogP contribution in [0.5, 0.6) is 0 Å². The van der Waals surface area contributed by atoms with Crippen LogP contribution in [0.15, 0.2) is 23.2 Å². The first-order valence-electron chi connectivity index (χ1n) is 5.15. The van der Waals surface area contributed by atoms with Crippen molar-refractivity contribution in [1.82, 2.24) is 9.71 Å². The maximum absolute atomic E-state index is 11.8. The van der Waals surface area contributed by atoms with Gasteiger partial charge in [-0.25, -0.2) is 18.1 Å². The summed E-state index contributed by atoms with van der Waals surface area (Å²) in [4.78, 5) is 3.69. The smallest absolute Gasteiger partial charge is 0.243 e. The van der Waals surface area contributed by atoms with Crippen molar-refractivity contribution in [3.05, 3.63) is 23.5 Å². The molecule has 0 aliphatic rings. The second-order valence-electron chi connectivity index (χ2n) is 3.61. The first-order chi connectivity index (χ1) is 7.93. The van der Waals surface area contributed by atoms with Crippen molar-refractivity contribution in [3.63, 3.8) is 0 Å². The Morgan fingerprint density at radius 1 is 1.53 bits per heavy atom. The van der Waals surface area contributed by atoms with Crippen LogP contribution in [0.4, 0.5) is 0 Å². The van der Waals surface area contributed by atoms with Crippen LogP contribution in [0.3, 0.4) is 0 Å². The second-order valence-corrected chi connectivity index (χ2v) is 5.70. The van der Waals surface area contributed by atoms with Gasteiger partial charge in [0.15, 0.2) is 0 Å². The minimum absolute atomic E-state index is 0.0220. The van der Waals surface area contributed by atoms with E-state index in [-0.39, 0.29) is 22.7 Å². The standard InChI is InChI=1S/C10H15ClN2O3S/c1-8(2)16-7-6-13-17(14,15)9-4-3-5-12-10(9)11/h3-5,8,13H,6-7H2,1-2H3. The molecule has 0 aromatic carbocycles. The molecular formula is C10H15ClN2O3S. The Bertz CT molecular complexity index is 462. The molecule has 0 unspecified atom stereocenters. The summed E-state index contributed by atoms with van der Waals surface area (Å²) in [6.45, 7) is 4.28. The Morgan fingerprint density at radius 3 is 2.82 bits per heavy atom. The zero-order valence-electron chi connectivity index (χ0n) is 9.68. The molecule has 1 N–H and O–H groups in total. The minimum atomic E-state index is -3.61. The van der Waals surface area contributed by atoms with Gasteiger partial charge in [-0.05, 0) is 26.0 Å². The summed E-state index contributed by atoms with van der Waals surface area (Å²) < 4.78 is 31.2. The van der Waals surface area contributed by atoms with Crippen molar-refractivity contribution in [1.29, 1.82) is 0 Å². The van der Waals surface area contributed by atoms with Gasteiger partial charge in [-0.2, -0.15) is 0 Å². The van der Waals surface area contributed by atoms with Crippen molar-refractivity contribution >= 4 is 21.6 Å². The van der Waals surface area contributed by atoms with Crippen molar-refractivity contribution in [2.45, 2.75) is 24.8 Å². The molecule has 0 spiro atoms. The molecule has 1 aromatic heterocycles. The van der Waals surface area contributed by atoms with Gasteiger partial charge >= 0.3 is 0 Å². The summed E-state index contributed by atoms with van der Waals surface area (Å²) in [6.07, 6.45) is 1.50. The molecule has 1 rings (SSSR count). The zero-order chi connectivity index (χ0) is 12.9. The number of nitrogens with one attached hydrogen (secondary N) is 1. The number of hydrogen-bond donors (Lipinski definition) is 1. The largest absolute Gasteiger partial charge is 0.377 e. The van der Waals surface area contributed by atoms with E-state index < -0.39 is 10.0 Å². The van der Waals surface area contributed by atoms with E-state index in [1.54, 1.807) is 0 Å². The molecule has 96 valence electrons. The van der Waals surface area contributed by atoms with Gasteiger partial charge < -0.3 is 4.74 Å². The topological polar surface area (TPSA) is 68.3 Å². The summed E-state index contributed by atoms with van der Waals surface area (Å²) in [5, 5.41) is -0.0372. The van der Waals surface area contributed by atoms with Gasteiger partial charge in [-0.1, -0.05) is 11.6 Å². The van der Waals surface area contributed by atoms with Crippen LogP contribution in [-0.2, 0) is 14.8 Å². The fourth-order valence-electron chi connectivity index (χ4n) is 1.12. The van der Waals surface area contributed by atoms with E-state index in [2.05, 4.69) is 9.71 Å². The monoisotopic (exact) mass is 278 g/mol. The molecule has 0 radical (unpaired) electrons. The third-order valence-electron chi connectivity index (χ3n) is 1.86. The normalized spacial score (nSPS) is 12.0. The molecule has 5 nitrogen and oxygen atoms in total. The predicted octanol–water partition coefficient (Wildman–Crippen LogP) is 1.44. The maximum Gasteiger partial charge on any atom is 0.243 e. The van der Waals surface area contributed by atoms with Crippen molar-refractivity contribution < 1.29 is 13.2 Å². The highest BCUT2D eigenvalue weighted by Crippen LogP contribution is 2.16. The predicted molar refractivity (Wildman–Crippen MR) is 65.5 cm³/mol. The van der Waals surface area contributed by atoms with Gasteiger partial charge in [0.25, 0.3) is 0 Å². The Morgan fingerprint density at radius 2 is 2.24 bits per heavy atom. The number of halogens is 1. The zero-order valence-corrected chi connectivity index (χ0v) is 11.3. The van der Waals surface area contributed by atoms with Crippen LogP contribution in [-0.4, -0.2) is 32.7 Å². The van der Waals surface area contributed by atoms with Gasteiger partial charge in [0.1, 0.15) is 10.0 Å². The van der Waals surface area contributed by atoms with Crippen molar-refractivity contribution in [2.24, 2.45) is 0 Å². The molecule has 0 amide bonds. The summed E-state index contributed by atoms with van der Waals surface area (Å²) in [6, 6.07) is 2.92. The number of nitrogens with zero attached hydrogens (tertiary/aromatic N) is 1. The molecule has 7 heteroatoms. The van der Waals surface area contributed by atoms with Crippen LogP contribution in [0.2, 0.25) is 5.15 Å². The summed E-state index contributed by atoms with van der Waals surface area (Å²) in [5.74, 6) is 0. The second kappa shape index (κ2) is 6.30. The molecule has 0 atom stereocenters. The Labute approximate surface area is 106 Å². The van der Waals surface area contributed by atoms with Gasteiger partial charge in [-0.15, -0.1) is 0 Å². The number of pyridine rings is 1. The van der Waals surface area contributed by atoms with Crippen LogP contribution in [0.1, 0.15) is 13.8 Å². The first kappa shape index (κ1) is 14.4. The lowest BCUT2D eigenvalue weighted by Crippen LogP contribution is -2.28. The Balaban J connectivity index is 2.61. The highest BCUT2D eigenvalue weighted by atomic mass is 35.5. The van der Waals surface area contributed by atoms with E-state index >= 15 is 0 Å². The molecular weight excluding hydrogens is 264 g/mol.